The molecule has 0 saturated carbocycles. The molecule has 0 spiro atoms. The molecule has 2 aromatic carbocycles. The number of amides is 2. The maximum Gasteiger partial charge on any atom is 0.318 e. The highest BCUT2D eigenvalue weighted by Gasteiger charge is 2.27. The van der Waals surface area contributed by atoms with Crippen molar-refractivity contribution >= 4 is 6.03 Å². The third-order valence-corrected chi connectivity index (χ3v) is 4.62. The number of rotatable bonds is 6. The van der Waals surface area contributed by atoms with Gasteiger partial charge in [-0.1, -0.05) is 42.5 Å². The van der Waals surface area contributed by atoms with Crippen molar-refractivity contribution < 1.29 is 14.6 Å². The molecule has 1 aliphatic carbocycles. The summed E-state index contributed by atoms with van der Waals surface area (Å²) in [5, 5.41) is 12.4. The largest absolute Gasteiger partial charge is 0.496 e. The molecule has 1 atom stereocenters. The molecule has 1 aliphatic rings. The number of benzene rings is 2. The molecule has 0 aliphatic heterocycles. The van der Waals surface area contributed by atoms with Gasteiger partial charge < -0.3 is 20.1 Å². The lowest BCUT2D eigenvalue weighted by Crippen LogP contribution is -2.42. The number of hydrogen-bond acceptors (Lipinski definition) is 3. The van der Waals surface area contributed by atoms with Crippen molar-refractivity contribution in [1.82, 2.24) is 10.2 Å². The molecule has 0 heterocycles. The van der Waals surface area contributed by atoms with E-state index in [2.05, 4.69) is 5.32 Å². The number of methoxy groups -OCH3 is 1. The molecule has 0 bridgehead atoms. The van der Waals surface area contributed by atoms with Crippen LogP contribution in [0.3, 0.4) is 0 Å². The van der Waals surface area contributed by atoms with Crippen LogP contribution in [0.15, 0.2) is 48.5 Å². The van der Waals surface area contributed by atoms with Crippen LogP contribution in [0, 0.1) is 0 Å². The summed E-state index contributed by atoms with van der Waals surface area (Å²) >= 11 is 0. The average molecular weight is 340 g/mol. The Bertz CT molecular complexity index is 718. The fraction of sp³-hybridized carbons (Fsp3) is 0.350. The monoisotopic (exact) mass is 340 g/mol. The normalized spacial score (nSPS) is 15.5. The lowest BCUT2D eigenvalue weighted by atomic mass is 10.1. The Hall–Kier alpha value is -2.53. The summed E-state index contributed by atoms with van der Waals surface area (Å²) in [5.74, 6) is 0.880. The Morgan fingerprint density at radius 3 is 2.76 bits per heavy atom. The van der Waals surface area contributed by atoms with E-state index in [1.165, 1.54) is 5.56 Å². The van der Waals surface area contributed by atoms with Gasteiger partial charge in [0.15, 0.2) is 0 Å². The van der Waals surface area contributed by atoms with Crippen LogP contribution >= 0.6 is 0 Å². The van der Waals surface area contributed by atoms with E-state index in [0.717, 1.165) is 29.7 Å². The Morgan fingerprint density at radius 1 is 1.24 bits per heavy atom. The summed E-state index contributed by atoms with van der Waals surface area (Å²) in [6, 6.07) is 15.6. The van der Waals surface area contributed by atoms with Crippen LogP contribution in [0.2, 0.25) is 0 Å². The van der Waals surface area contributed by atoms with Crippen LogP contribution < -0.4 is 10.1 Å². The minimum atomic E-state index is -0.154. The maximum absolute atomic E-state index is 12.7. The molecular weight excluding hydrogens is 316 g/mol. The van der Waals surface area contributed by atoms with Gasteiger partial charge in [0.1, 0.15) is 5.75 Å². The Balaban J connectivity index is 1.71. The molecule has 2 aromatic rings. The van der Waals surface area contributed by atoms with Gasteiger partial charge in [-0.25, -0.2) is 4.79 Å². The number of hydrogen-bond donors (Lipinski definition) is 2. The summed E-state index contributed by atoms with van der Waals surface area (Å²) in [7, 11) is 1.67. The summed E-state index contributed by atoms with van der Waals surface area (Å²) < 4.78 is 5.42. The molecule has 5 nitrogen and oxygen atoms in total. The van der Waals surface area contributed by atoms with Crippen molar-refractivity contribution in [3.05, 3.63) is 65.2 Å². The number of ether oxygens (including phenoxy) is 1. The molecule has 25 heavy (non-hydrogen) atoms. The topological polar surface area (TPSA) is 61.8 Å². The van der Waals surface area contributed by atoms with E-state index in [-0.39, 0.29) is 18.7 Å². The molecule has 2 N–H and O–H groups in total. The zero-order valence-electron chi connectivity index (χ0n) is 14.4. The van der Waals surface area contributed by atoms with E-state index < -0.39 is 0 Å². The Labute approximate surface area is 148 Å². The first-order valence-corrected chi connectivity index (χ1v) is 8.59. The van der Waals surface area contributed by atoms with Crippen LogP contribution in [0.4, 0.5) is 4.79 Å². The zero-order valence-corrected chi connectivity index (χ0v) is 14.4. The second kappa shape index (κ2) is 8.03. The first-order valence-electron chi connectivity index (χ1n) is 8.59. The molecule has 132 valence electrons. The second-order valence-corrected chi connectivity index (χ2v) is 6.20. The van der Waals surface area contributed by atoms with Gasteiger partial charge in [-0.2, -0.15) is 0 Å². The van der Waals surface area contributed by atoms with Crippen LogP contribution in [-0.4, -0.2) is 36.3 Å². The van der Waals surface area contributed by atoms with E-state index in [9.17, 15) is 9.90 Å². The van der Waals surface area contributed by atoms with Crippen LogP contribution in [0.1, 0.15) is 29.2 Å². The quantitative estimate of drug-likeness (QED) is 0.850. The third-order valence-electron chi connectivity index (χ3n) is 4.62. The lowest BCUT2D eigenvalue weighted by Gasteiger charge is -2.25. The minimum Gasteiger partial charge on any atom is -0.496 e. The highest BCUT2D eigenvalue weighted by Crippen LogP contribution is 2.36. The van der Waals surface area contributed by atoms with Gasteiger partial charge in [-0.3, -0.25) is 0 Å². The van der Waals surface area contributed by atoms with E-state index in [1.807, 2.05) is 48.5 Å². The van der Waals surface area contributed by atoms with Gasteiger partial charge in [-0.05, 0) is 35.6 Å². The predicted octanol–water partition coefficient (Wildman–Crippen LogP) is 2.89. The number of aliphatic hydroxyl groups excluding tert-OH is 1. The van der Waals surface area contributed by atoms with Crippen LogP contribution in [0.5, 0.6) is 5.75 Å². The van der Waals surface area contributed by atoms with E-state index in [1.54, 1.807) is 12.0 Å². The maximum atomic E-state index is 12.7. The smallest absolute Gasteiger partial charge is 0.318 e. The van der Waals surface area contributed by atoms with Crippen molar-refractivity contribution in [2.45, 2.75) is 25.4 Å². The van der Waals surface area contributed by atoms with Crippen LogP contribution in [-0.2, 0) is 13.0 Å². The molecule has 1 unspecified atom stereocenters. The molecule has 0 radical (unpaired) electrons. The van der Waals surface area contributed by atoms with Gasteiger partial charge in [0.25, 0.3) is 0 Å². The van der Waals surface area contributed by atoms with Gasteiger partial charge in [0, 0.05) is 13.1 Å². The predicted molar refractivity (Wildman–Crippen MR) is 96.5 cm³/mol. The van der Waals surface area contributed by atoms with E-state index >= 15 is 0 Å². The fourth-order valence-corrected chi connectivity index (χ4v) is 3.38. The number of carbonyl (C=O) groups is 1. The van der Waals surface area contributed by atoms with Crippen molar-refractivity contribution in [1.29, 1.82) is 0 Å². The lowest BCUT2D eigenvalue weighted by molar-refractivity contribution is 0.171. The number of nitrogens with zero attached hydrogens (tertiary/aromatic N) is 1. The van der Waals surface area contributed by atoms with E-state index in [4.69, 9.17) is 4.74 Å². The molecule has 0 aromatic heterocycles. The number of fused-ring (bicyclic) bond motifs is 1. The third kappa shape index (κ3) is 3.94. The SMILES string of the molecule is COc1cccc2c1CCC2NC(=O)N(CCO)Cc1ccccc1. The number of urea groups is 1. The first-order chi connectivity index (χ1) is 12.2. The highest BCUT2D eigenvalue weighted by atomic mass is 16.5. The first kappa shape index (κ1) is 17.3. The van der Waals surface area contributed by atoms with Crippen molar-refractivity contribution in [2.24, 2.45) is 0 Å². The molecule has 5 heteroatoms. The minimum absolute atomic E-state index is 0.0189. The molecular formula is C20H24N2O3. The summed E-state index contributed by atoms with van der Waals surface area (Å²) in [4.78, 5) is 14.4. The Morgan fingerprint density at radius 2 is 2.04 bits per heavy atom. The second-order valence-electron chi connectivity index (χ2n) is 6.20. The number of carbonyl (C=O) groups excluding carboxylic acids is 1. The highest BCUT2D eigenvalue weighted by molar-refractivity contribution is 5.75. The van der Waals surface area contributed by atoms with Crippen LogP contribution in [0.25, 0.3) is 0 Å². The molecule has 3 rings (SSSR count). The summed E-state index contributed by atoms with van der Waals surface area (Å²) in [5.41, 5.74) is 3.34. The molecule has 0 fully saturated rings. The standard InChI is InChI=1S/C20H24N2O3/c1-25-19-9-5-8-16-17(19)10-11-18(16)21-20(24)22(12-13-23)14-15-6-3-2-4-7-15/h2-9,18,23H,10-14H2,1H3,(H,21,24). The van der Waals surface area contributed by atoms with Gasteiger partial charge in [0.2, 0.25) is 0 Å². The van der Waals surface area contributed by atoms with Crippen molar-refractivity contribution in [2.75, 3.05) is 20.3 Å². The zero-order chi connectivity index (χ0) is 17.6. The van der Waals surface area contributed by atoms with Gasteiger partial charge in [-0.15, -0.1) is 0 Å². The average Bonchev–Trinajstić information content (AvgIpc) is 3.05. The molecule has 2 amide bonds. The van der Waals surface area contributed by atoms with E-state index in [0.29, 0.717) is 13.1 Å². The summed E-state index contributed by atoms with van der Waals surface area (Å²) in [6.07, 6.45) is 1.75. The summed E-state index contributed by atoms with van der Waals surface area (Å²) in [6.45, 7) is 0.721. The Kier molecular flexibility index (Phi) is 5.56. The molecule has 0 saturated heterocycles. The van der Waals surface area contributed by atoms with Gasteiger partial charge >= 0.3 is 6.03 Å². The number of aliphatic hydroxyl groups is 1. The van der Waals surface area contributed by atoms with Crippen molar-refractivity contribution in [3.8, 4) is 5.75 Å². The van der Waals surface area contributed by atoms with Crippen molar-refractivity contribution in [3.63, 3.8) is 0 Å². The van der Waals surface area contributed by atoms with Gasteiger partial charge in [0.05, 0.1) is 19.8 Å². The fourth-order valence-electron chi connectivity index (χ4n) is 3.38. The number of nitrogens with one attached hydrogen (secondary N) is 1.